The lowest BCUT2D eigenvalue weighted by Crippen LogP contribution is -2.48. The Kier molecular flexibility index (Phi) is 7.14. The number of nitrogens with zero attached hydrogens (tertiary/aromatic N) is 1. The normalized spacial score (nSPS) is 15.9. The first-order chi connectivity index (χ1) is 14.9. The zero-order valence-electron chi connectivity index (χ0n) is 17.5. The Bertz CT molecular complexity index is 1010. The molecular formula is C22H24ClN3O5. The Morgan fingerprint density at radius 3 is 2.71 bits per heavy atom. The highest BCUT2D eigenvalue weighted by Crippen LogP contribution is 2.30. The average Bonchev–Trinajstić information content (AvgIpc) is 3.05. The maximum Gasteiger partial charge on any atom is 0.265 e. The molecule has 0 bridgehead atoms. The number of benzene rings is 2. The maximum atomic E-state index is 12.8. The third-order valence-corrected chi connectivity index (χ3v) is 5.28. The van der Waals surface area contributed by atoms with Crippen molar-refractivity contribution in [1.29, 1.82) is 0 Å². The summed E-state index contributed by atoms with van der Waals surface area (Å²) in [5, 5.41) is 0.461. The van der Waals surface area contributed by atoms with Gasteiger partial charge in [0.05, 0.1) is 25.8 Å². The van der Waals surface area contributed by atoms with Gasteiger partial charge >= 0.3 is 0 Å². The molecule has 2 N–H and O–H groups in total. The van der Waals surface area contributed by atoms with Crippen LogP contribution in [0.15, 0.2) is 36.4 Å². The van der Waals surface area contributed by atoms with Crippen molar-refractivity contribution in [2.75, 3.05) is 18.6 Å². The molecule has 0 spiro atoms. The first-order valence-electron chi connectivity index (χ1n) is 9.86. The van der Waals surface area contributed by atoms with Crippen molar-refractivity contribution in [1.82, 2.24) is 10.9 Å². The summed E-state index contributed by atoms with van der Waals surface area (Å²) in [6, 6.07) is 8.93. The van der Waals surface area contributed by atoms with Crippen LogP contribution in [0.5, 0.6) is 11.5 Å². The topological polar surface area (TPSA) is 97.0 Å². The molecule has 0 saturated carbocycles. The van der Waals surface area contributed by atoms with Crippen molar-refractivity contribution in [3.63, 3.8) is 0 Å². The van der Waals surface area contributed by atoms with Gasteiger partial charge in [-0.25, -0.2) is 10.3 Å². The molecule has 1 unspecified atom stereocenters. The molecule has 0 radical (unpaired) electrons. The lowest BCUT2D eigenvalue weighted by Gasteiger charge is -2.18. The molecule has 9 heteroatoms. The Balaban J connectivity index is 1.67. The van der Waals surface area contributed by atoms with Gasteiger partial charge in [0.25, 0.3) is 11.8 Å². The second kappa shape index (κ2) is 9.80. The van der Waals surface area contributed by atoms with E-state index < -0.39 is 17.9 Å². The predicted molar refractivity (Wildman–Crippen MR) is 116 cm³/mol. The highest BCUT2D eigenvalue weighted by atomic mass is 35.5. The van der Waals surface area contributed by atoms with Crippen LogP contribution in [0, 0.1) is 6.92 Å². The van der Waals surface area contributed by atoms with E-state index >= 15 is 0 Å². The molecule has 1 saturated heterocycles. The van der Waals surface area contributed by atoms with Crippen LogP contribution < -0.4 is 25.2 Å². The molecule has 1 heterocycles. The van der Waals surface area contributed by atoms with Crippen molar-refractivity contribution in [3.8, 4) is 11.5 Å². The number of amides is 3. The van der Waals surface area contributed by atoms with E-state index in [2.05, 4.69) is 10.9 Å². The van der Waals surface area contributed by atoms with Crippen LogP contribution in [0.1, 0.15) is 35.7 Å². The molecule has 31 heavy (non-hydrogen) atoms. The number of methoxy groups -OCH3 is 1. The Labute approximate surface area is 185 Å². The fraction of sp³-hybridized carbons (Fsp3) is 0.318. The Morgan fingerprint density at radius 1 is 1.23 bits per heavy atom. The van der Waals surface area contributed by atoms with Crippen molar-refractivity contribution in [3.05, 3.63) is 52.5 Å². The molecule has 1 aliphatic heterocycles. The van der Waals surface area contributed by atoms with Gasteiger partial charge in [-0.3, -0.25) is 19.8 Å². The molecule has 2 aromatic carbocycles. The van der Waals surface area contributed by atoms with E-state index in [1.807, 2.05) is 6.92 Å². The second-order valence-corrected chi connectivity index (χ2v) is 7.43. The smallest absolute Gasteiger partial charge is 0.265 e. The lowest BCUT2D eigenvalue weighted by atomic mass is 10.2. The van der Waals surface area contributed by atoms with Crippen LogP contribution in [0.3, 0.4) is 0 Å². The summed E-state index contributed by atoms with van der Waals surface area (Å²) in [7, 11) is 1.49. The lowest BCUT2D eigenvalue weighted by molar-refractivity contribution is -0.121. The maximum absolute atomic E-state index is 12.8. The monoisotopic (exact) mass is 445 g/mol. The molecule has 1 atom stereocenters. The Morgan fingerprint density at radius 2 is 2.00 bits per heavy atom. The summed E-state index contributed by atoms with van der Waals surface area (Å²) >= 11 is 6.12. The van der Waals surface area contributed by atoms with Gasteiger partial charge in [-0.2, -0.15) is 0 Å². The molecule has 0 aliphatic carbocycles. The number of imide groups is 1. The summed E-state index contributed by atoms with van der Waals surface area (Å²) in [6.45, 7) is 4.26. The summed E-state index contributed by atoms with van der Waals surface area (Å²) < 4.78 is 10.9. The minimum Gasteiger partial charge on any atom is -0.493 e. The summed E-state index contributed by atoms with van der Waals surface area (Å²) in [5.74, 6) is -0.343. The third kappa shape index (κ3) is 4.81. The van der Waals surface area contributed by atoms with E-state index in [0.29, 0.717) is 39.9 Å². The minimum atomic E-state index is -0.885. The zero-order valence-corrected chi connectivity index (χ0v) is 18.3. The number of hydrazine groups is 1. The van der Waals surface area contributed by atoms with Gasteiger partial charge in [0, 0.05) is 10.6 Å². The molecular weight excluding hydrogens is 422 g/mol. The number of ether oxygens (including phenoxy) is 2. The van der Waals surface area contributed by atoms with E-state index in [1.54, 1.807) is 43.3 Å². The molecule has 3 rings (SSSR count). The zero-order chi connectivity index (χ0) is 22.5. The number of hydrogen-bond donors (Lipinski definition) is 2. The first kappa shape index (κ1) is 22.6. The SMILES string of the molecule is CCCOc1ccc(C(=O)NNC2CC(=O)N(c3cccc(Cl)c3C)C2=O)cc1OC. The highest BCUT2D eigenvalue weighted by molar-refractivity contribution is 6.32. The number of anilines is 1. The average molecular weight is 446 g/mol. The van der Waals surface area contributed by atoms with Crippen LogP contribution in [-0.2, 0) is 9.59 Å². The summed E-state index contributed by atoms with van der Waals surface area (Å²) in [6.07, 6.45) is 0.757. The van der Waals surface area contributed by atoms with E-state index in [4.69, 9.17) is 21.1 Å². The van der Waals surface area contributed by atoms with Gasteiger partial charge in [-0.15, -0.1) is 0 Å². The van der Waals surface area contributed by atoms with Gasteiger partial charge in [-0.05, 0) is 49.2 Å². The number of rotatable bonds is 8. The largest absolute Gasteiger partial charge is 0.493 e. The van der Waals surface area contributed by atoms with Crippen LogP contribution in [0.2, 0.25) is 5.02 Å². The van der Waals surface area contributed by atoms with Crippen molar-refractivity contribution in [2.24, 2.45) is 0 Å². The Hall–Kier alpha value is -3.10. The fourth-order valence-corrected chi connectivity index (χ4v) is 3.37. The summed E-state index contributed by atoms with van der Waals surface area (Å²) in [5.41, 5.74) is 6.54. The third-order valence-electron chi connectivity index (χ3n) is 4.87. The molecule has 164 valence electrons. The van der Waals surface area contributed by atoms with Crippen molar-refractivity contribution >= 4 is 35.0 Å². The van der Waals surface area contributed by atoms with Crippen LogP contribution >= 0.6 is 11.6 Å². The van der Waals surface area contributed by atoms with E-state index in [9.17, 15) is 14.4 Å². The van der Waals surface area contributed by atoms with Crippen molar-refractivity contribution < 1.29 is 23.9 Å². The number of carbonyl (C=O) groups excluding carboxylic acids is 3. The highest BCUT2D eigenvalue weighted by Gasteiger charge is 2.40. The molecule has 2 aromatic rings. The van der Waals surface area contributed by atoms with Gasteiger partial charge in [-0.1, -0.05) is 24.6 Å². The van der Waals surface area contributed by atoms with E-state index in [0.717, 1.165) is 11.3 Å². The van der Waals surface area contributed by atoms with Crippen molar-refractivity contribution in [2.45, 2.75) is 32.7 Å². The number of nitrogens with one attached hydrogen (secondary N) is 2. The van der Waals surface area contributed by atoms with Crippen LogP contribution in [-0.4, -0.2) is 37.5 Å². The van der Waals surface area contributed by atoms with Gasteiger partial charge in [0.2, 0.25) is 5.91 Å². The van der Waals surface area contributed by atoms with Gasteiger partial charge in [0.15, 0.2) is 11.5 Å². The molecule has 3 amide bonds. The molecule has 0 aromatic heterocycles. The van der Waals surface area contributed by atoms with Crippen LogP contribution in [0.4, 0.5) is 5.69 Å². The summed E-state index contributed by atoms with van der Waals surface area (Å²) in [4.78, 5) is 38.9. The number of halogens is 1. The minimum absolute atomic E-state index is 0.0851. The van der Waals surface area contributed by atoms with Crippen LogP contribution in [0.25, 0.3) is 0 Å². The first-order valence-corrected chi connectivity index (χ1v) is 10.2. The predicted octanol–water partition coefficient (Wildman–Crippen LogP) is 3.01. The van der Waals surface area contributed by atoms with E-state index in [1.165, 1.54) is 7.11 Å². The standard InChI is InChI=1S/C22H24ClN3O5/c1-4-10-31-18-9-8-14(11-19(18)30-3)21(28)25-24-16-12-20(27)26(22(16)29)17-7-5-6-15(23)13(17)2/h5-9,11,16,24H,4,10,12H2,1-3H3,(H,25,28). The molecule has 1 fully saturated rings. The molecule has 8 nitrogen and oxygen atoms in total. The second-order valence-electron chi connectivity index (χ2n) is 7.02. The van der Waals surface area contributed by atoms with Gasteiger partial charge in [0.1, 0.15) is 6.04 Å². The number of hydrogen-bond acceptors (Lipinski definition) is 6. The quantitative estimate of drug-likeness (QED) is 0.479. The number of carbonyl (C=O) groups is 3. The van der Waals surface area contributed by atoms with E-state index in [-0.39, 0.29) is 12.3 Å². The van der Waals surface area contributed by atoms with Gasteiger partial charge < -0.3 is 9.47 Å². The molecule has 1 aliphatic rings. The fourth-order valence-electron chi connectivity index (χ4n) is 3.20.